The lowest BCUT2D eigenvalue weighted by Gasteiger charge is -2.32. The monoisotopic (exact) mass is 498 g/mol. The van der Waals surface area contributed by atoms with Gasteiger partial charge in [0.05, 0.1) is 15.2 Å². The van der Waals surface area contributed by atoms with Crippen LogP contribution in [0.15, 0.2) is 30.9 Å². The van der Waals surface area contributed by atoms with Crippen LogP contribution in [0, 0.1) is 5.92 Å². The summed E-state index contributed by atoms with van der Waals surface area (Å²) in [7, 11) is 0. The maximum Gasteiger partial charge on any atom is 0.243 e. The van der Waals surface area contributed by atoms with Gasteiger partial charge in [-0.15, -0.1) is 11.3 Å². The third-order valence-electron chi connectivity index (χ3n) is 6.64. The molecule has 190 valence electrons. The number of amides is 3. The first-order chi connectivity index (χ1) is 16.9. The Morgan fingerprint density at radius 3 is 2.63 bits per heavy atom. The molecule has 8 heteroatoms. The Morgan fingerprint density at radius 2 is 1.94 bits per heavy atom. The second-order valence-corrected chi connectivity index (χ2v) is 10.4. The fourth-order valence-electron chi connectivity index (χ4n) is 4.64. The number of carbonyl (C=O) groups excluding carboxylic acids is 3. The third-order valence-corrected chi connectivity index (χ3v) is 7.68. The number of aromatic nitrogens is 1. The lowest BCUT2D eigenvalue weighted by atomic mass is 9.83. The van der Waals surface area contributed by atoms with E-state index < -0.39 is 6.04 Å². The summed E-state index contributed by atoms with van der Waals surface area (Å²) in [5.41, 5.74) is 2.16. The molecular formula is C27H38N4O3S. The van der Waals surface area contributed by atoms with E-state index in [1.807, 2.05) is 13.0 Å². The summed E-state index contributed by atoms with van der Waals surface area (Å²) in [6, 6.07) is 5.31. The molecule has 1 aliphatic carbocycles. The van der Waals surface area contributed by atoms with Gasteiger partial charge in [0.1, 0.15) is 6.04 Å². The molecule has 1 aromatic heterocycles. The predicted octanol–water partition coefficient (Wildman–Crippen LogP) is 4.05. The van der Waals surface area contributed by atoms with Crippen molar-refractivity contribution in [3.8, 4) is 0 Å². The van der Waals surface area contributed by atoms with Crippen molar-refractivity contribution in [2.45, 2.75) is 83.7 Å². The summed E-state index contributed by atoms with van der Waals surface area (Å²) < 4.78 is 1.09. The van der Waals surface area contributed by atoms with Crippen molar-refractivity contribution >= 4 is 39.3 Å². The Hall–Kier alpha value is -2.74. The zero-order valence-electron chi connectivity index (χ0n) is 20.9. The van der Waals surface area contributed by atoms with Crippen LogP contribution in [0.2, 0.25) is 0 Å². The Labute approximate surface area is 212 Å². The third kappa shape index (κ3) is 7.88. The first-order valence-electron chi connectivity index (χ1n) is 12.8. The van der Waals surface area contributed by atoms with Gasteiger partial charge in [-0.1, -0.05) is 45.8 Å². The van der Waals surface area contributed by atoms with Crippen LogP contribution < -0.4 is 16.0 Å². The van der Waals surface area contributed by atoms with E-state index in [9.17, 15) is 14.4 Å². The van der Waals surface area contributed by atoms with Gasteiger partial charge in [0.15, 0.2) is 0 Å². The summed E-state index contributed by atoms with van der Waals surface area (Å²) in [5.74, 6) is -0.337. The van der Waals surface area contributed by atoms with E-state index in [-0.39, 0.29) is 23.8 Å². The average molecular weight is 499 g/mol. The van der Waals surface area contributed by atoms with Crippen LogP contribution in [0.5, 0.6) is 0 Å². The van der Waals surface area contributed by atoms with E-state index in [0.717, 1.165) is 47.3 Å². The summed E-state index contributed by atoms with van der Waals surface area (Å²) >= 11 is 1.57. The maximum atomic E-state index is 13.5. The highest BCUT2D eigenvalue weighted by molar-refractivity contribution is 7.18. The minimum absolute atomic E-state index is 0.142. The van der Waals surface area contributed by atoms with Gasteiger partial charge < -0.3 is 16.0 Å². The van der Waals surface area contributed by atoms with Gasteiger partial charge in [-0.2, -0.15) is 0 Å². The average Bonchev–Trinajstić information content (AvgIpc) is 3.27. The van der Waals surface area contributed by atoms with Crippen molar-refractivity contribution in [3.63, 3.8) is 0 Å². The molecule has 0 aliphatic heterocycles. The number of benzene rings is 1. The number of aryl methyl sites for hydroxylation is 1. The Kier molecular flexibility index (Phi) is 10.3. The molecule has 35 heavy (non-hydrogen) atoms. The van der Waals surface area contributed by atoms with Crippen molar-refractivity contribution < 1.29 is 14.4 Å². The van der Waals surface area contributed by atoms with E-state index in [1.54, 1.807) is 11.3 Å². The van der Waals surface area contributed by atoms with Crippen LogP contribution in [0.1, 0.15) is 69.4 Å². The molecule has 3 amide bonds. The van der Waals surface area contributed by atoms with Gasteiger partial charge in [0.25, 0.3) is 0 Å². The molecule has 0 spiro atoms. The fraction of sp³-hybridized carbons (Fsp3) is 0.556. The summed E-state index contributed by atoms with van der Waals surface area (Å²) in [6.07, 6.45) is 9.06. The molecule has 2 atom stereocenters. The van der Waals surface area contributed by atoms with Gasteiger partial charge in [0, 0.05) is 25.4 Å². The minimum atomic E-state index is -0.721. The van der Waals surface area contributed by atoms with Gasteiger partial charge in [0.2, 0.25) is 17.7 Å². The maximum absolute atomic E-state index is 13.5. The fourth-order valence-corrected chi connectivity index (χ4v) is 5.72. The number of hydrogen-bond donors (Lipinski definition) is 3. The molecule has 0 saturated heterocycles. The Bertz CT molecular complexity index is 1030. The molecule has 2 aromatic rings. The lowest BCUT2D eigenvalue weighted by Crippen LogP contribution is -2.55. The van der Waals surface area contributed by atoms with Crippen LogP contribution in [0.3, 0.4) is 0 Å². The van der Waals surface area contributed by atoms with E-state index in [4.69, 9.17) is 4.98 Å². The molecule has 0 bridgehead atoms. The lowest BCUT2D eigenvalue weighted by molar-refractivity contribution is -0.129. The normalized spacial score (nSPS) is 15.8. The SMILES string of the molecule is C=CC(=O)NC[C@@H](NC(=O)[C@H](Cc1nc2ccc(CC)cc2s1)NC(=O)CCC)C1CCCCC1. The molecule has 7 nitrogen and oxygen atoms in total. The van der Waals surface area contributed by atoms with Crippen LogP contribution in [0.4, 0.5) is 0 Å². The number of hydrogen-bond acceptors (Lipinski definition) is 5. The van der Waals surface area contributed by atoms with Gasteiger partial charge in [-0.3, -0.25) is 14.4 Å². The van der Waals surface area contributed by atoms with E-state index >= 15 is 0 Å². The van der Waals surface area contributed by atoms with Crippen molar-refractivity contribution in [1.29, 1.82) is 0 Å². The molecule has 0 unspecified atom stereocenters. The Balaban J connectivity index is 1.78. The molecule has 1 aliphatic rings. The van der Waals surface area contributed by atoms with Crippen molar-refractivity contribution in [2.24, 2.45) is 5.92 Å². The quantitative estimate of drug-likeness (QED) is 0.384. The predicted molar refractivity (Wildman–Crippen MR) is 141 cm³/mol. The minimum Gasteiger partial charge on any atom is -0.351 e. The zero-order valence-corrected chi connectivity index (χ0v) is 21.7. The van der Waals surface area contributed by atoms with Crippen LogP contribution in [-0.2, 0) is 27.2 Å². The van der Waals surface area contributed by atoms with Crippen LogP contribution in [0.25, 0.3) is 10.2 Å². The molecule has 3 N–H and O–H groups in total. The number of thiazole rings is 1. The second-order valence-electron chi connectivity index (χ2n) is 9.30. The topological polar surface area (TPSA) is 100 Å². The molecule has 3 rings (SSSR count). The smallest absolute Gasteiger partial charge is 0.243 e. The molecule has 1 fully saturated rings. The Morgan fingerprint density at radius 1 is 1.17 bits per heavy atom. The van der Waals surface area contributed by atoms with Crippen molar-refractivity contribution in [1.82, 2.24) is 20.9 Å². The molecular weight excluding hydrogens is 460 g/mol. The van der Waals surface area contributed by atoms with E-state index in [0.29, 0.717) is 31.7 Å². The number of rotatable bonds is 12. The van der Waals surface area contributed by atoms with Crippen LogP contribution >= 0.6 is 11.3 Å². The standard InChI is InChI=1S/C27H38N4O3S/c1-4-10-25(33)29-21(16-26-30-20-14-13-18(5-2)15-23(20)35-26)27(34)31-22(17-28-24(32)6-3)19-11-8-7-9-12-19/h6,13-15,19,21-22H,3-5,7-12,16-17H2,1-2H3,(H,28,32)(H,29,33)(H,31,34)/t21-,22+/m0/s1. The van der Waals surface area contributed by atoms with Crippen molar-refractivity contribution in [2.75, 3.05) is 6.54 Å². The highest BCUT2D eigenvalue weighted by Crippen LogP contribution is 2.27. The molecule has 1 aromatic carbocycles. The number of carbonyl (C=O) groups is 3. The molecule has 1 saturated carbocycles. The second kappa shape index (κ2) is 13.4. The summed E-state index contributed by atoms with van der Waals surface area (Å²) in [5, 5.41) is 9.75. The first kappa shape index (κ1) is 26.9. The van der Waals surface area contributed by atoms with E-state index in [1.165, 1.54) is 18.1 Å². The van der Waals surface area contributed by atoms with E-state index in [2.05, 4.69) is 41.6 Å². The molecule has 0 radical (unpaired) electrons. The van der Waals surface area contributed by atoms with Gasteiger partial charge in [-0.05, 0) is 55.4 Å². The largest absolute Gasteiger partial charge is 0.351 e. The number of nitrogens with zero attached hydrogens (tertiary/aromatic N) is 1. The molecule has 1 heterocycles. The van der Waals surface area contributed by atoms with Crippen LogP contribution in [-0.4, -0.2) is 41.3 Å². The highest BCUT2D eigenvalue weighted by Gasteiger charge is 2.29. The first-order valence-corrected chi connectivity index (χ1v) is 13.6. The number of fused-ring (bicyclic) bond motifs is 1. The zero-order chi connectivity index (χ0) is 25.2. The summed E-state index contributed by atoms with van der Waals surface area (Å²) in [6.45, 7) is 7.92. The van der Waals surface area contributed by atoms with Gasteiger partial charge >= 0.3 is 0 Å². The van der Waals surface area contributed by atoms with Gasteiger partial charge in [-0.25, -0.2) is 4.98 Å². The summed E-state index contributed by atoms with van der Waals surface area (Å²) in [4.78, 5) is 42.5. The van der Waals surface area contributed by atoms with Crippen molar-refractivity contribution in [3.05, 3.63) is 41.4 Å². The highest BCUT2D eigenvalue weighted by atomic mass is 32.1. The number of nitrogens with one attached hydrogen (secondary N) is 3.